The van der Waals surface area contributed by atoms with Crippen molar-refractivity contribution in [3.63, 3.8) is 0 Å². The van der Waals surface area contributed by atoms with Gasteiger partial charge in [-0.2, -0.15) is 0 Å². The van der Waals surface area contributed by atoms with Gasteiger partial charge in [-0.15, -0.1) is 11.3 Å². The van der Waals surface area contributed by atoms with Crippen molar-refractivity contribution in [2.24, 2.45) is 0 Å². The van der Waals surface area contributed by atoms with Crippen LogP contribution in [-0.4, -0.2) is 40.8 Å². The lowest BCUT2D eigenvalue weighted by molar-refractivity contribution is -0.142. The van der Waals surface area contributed by atoms with Gasteiger partial charge < -0.3 is 10.2 Å². The molecule has 5 nitrogen and oxygen atoms in total. The lowest BCUT2D eigenvalue weighted by Gasteiger charge is -2.35. The van der Waals surface area contributed by atoms with Crippen molar-refractivity contribution in [3.8, 4) is 0 Å². The second-order valence-electron chi connectivity index (χ2n) is 7.01. The number of likely N-dealkylation sites (tertiary alicyclic amines) is 1. The number of carbonyl (C=O) groups is 2. The van der Waals surface area contributed by atoms with E-state index in [2.05, 4.69) is 23.3 Å². The molecule has 1 aliphatic heterocycles. The van der Waals surface area contributed by atoms with E-state index in [9.17, 15) is 9.59 Å². The average molecular weight is 374 g/mol. The van der Waals surface area contributed by atoms with Gasteiger partial charge in [0.2, 0.25) is 11.8 Å². The molecule has 2 amide bonds. The maximum atomic E-state index is 12.7. The van der Waals surface area contributed by atoms with Crippen molar-refractivity contribution in [3.05, 3.63) is 29.3 Å². The Morgan fingerprint density at radius 2 is 2.15 bits per heavy atom. The Morgan fingerprint density at radius 1 is 1.35 bits per heavy atom. The number of thiazole rings is 1. The normalized spacial score (nSPS) is 18.7. The van der Waals surface area contributed by atoms with Crippen LogP contribution in [-0.2, 0) is 9.59 Å². The van der Waals surface area contributed by atoms with Crippen LogP contribution in [0.5, 0.6) is 0 Å². The molecule has 0 saturated carbocycles. The van der Waals surface area contributed by atoms with Gasteiger partial charge in [0.1, 0.15) is 6.04 Å². The first-order chi connectivity index (χ1) is 12.6. The predicted molar refractivity (Wildman–Crippen MR) is 105 cm³/mol. The predicted octanol–water partition coefficient (Wildman–Crippen LogP) is 3.70. The van der Waals surface area contributed by atoms with Crippen LogP contribution in [0.15, 0.2) is 24.3 Å². The number of carbonyl (C=O) groups excluding carboxylic acids is 2. The zero-order chi connectivity index (χ0) is 18.5. The second kappa shape index (κ2) is 8.62. The molecule has 6 heteroatoms. The van der Waals surface area contributed by atoms with E-state index in [1.165, 1.54) is 4.70 Å². The first kappa shape index (κ1) is 18.8. The van der Waals surface area contributed by atoms with Crippen LogP contribution in [0.2, 0.25) is 0 Å². The lowest BCUT2D eigenvalue weighted by atomic mass is 10.0. The number of nitrogens with one attached hydrogen (secondary N) is 1. The topological polar surface area (TPSA) is 62.3 Å². The maximum absolute atomic E-state index is 12.7. The fourth-order valence-corrected chi connectivity index (χ4v) is 4.44. The highest BCUT2D eigenvalue weighted by Gasteiger charge is 2.31. The van der Waals surface area contributed by atoms with E-state index in [0.29, 0.717) is 19.5 Å². The third-order valence-corrected chi connectivity index (χ3v) is 6.17. The van der Waals surface area contributed by atoms with Gasteiger partial charge in [0.15, 0.2) is 0 Å². The summed E-state index contributed by atoms with van der Waals surface area (Å²) in [6, 6.07) is 7.77. The van der Waals surface area contributed by atoms with E-state index in [4.69, 9.17) is 0 Å². The van der Waals surface area contributed by atoms with Gasteiger partial charge in [-0.05, 0) is 37.8 Å². The van der Waals surface area contributed by atoms with E-state index >= 15 is 0 Å². The summed E-state index contributed by atoms with van der Waals surface area (Å²) in [5, 5.41) is 4.09. The minimum atomic E-state index is -0.314. The molecule has 1 aromatic carbocycles. The fraction of sp³-hybridized carbons (Fsp3) is 0.550. The Balaban J connectivity index is 1.60. The molecule has 140 valence electrons. The Hall–Kier alpha value is -1.95. The third kappa shape index (κ3) is 4.23. The van der Waals surface area contributed by atoms with Crippen LogP contribution in [0, 0.1) is 0 Å². The van der Waals surface area contributed by atoms with Gasteiger partial charge in [-0.1, -0.05) is 26.0 Å². The molecular formula is C20H27N3O2S. The summed E-state index contributed by atoms with van der Waals surface area (Å²) in [4.78, 5) is 31.5. The van der Waals surface area contributed by atoms with Crippen molar-refractivity contribution in [2.45, 2.75) is 57.9 Å². The third-order valence-electron chi connectivity index (χ3n) is 4.90. The van der Waals surface area contributed by atoms with E-state index < -0.39 is 0 Å². The quantitative estimate of drug-likeness (QED) is 0.840. The summed E-state index contributed by atoms with van der Waals surface area (Å²) in [7, 11) is 0. The number of para-hydroxylation sites is 1. The number of aromatic nitrogens is 1. The molecule has 1 aromatic heterocycles. The summed E-state index contributed by atoms with van der Waals surface area (Å²) in [5.41, 5.74) is 1.01. The molecule has 0 bridgehead atoms. The first-order valence-electron chi connectivity index (χ1n) is 9.52. The zero-order valence-corrected chi connectivity index (χ0v) is 16.3. The Labute approximate surface area is 158 Å². The molecule has 2 atom stereocenters. The standard InChI is InChI=1S/C20H27N3O2S/c1-3-8-18(24)23-12-7-6-10-16(23)19(25)21-13-14(2)20-22-15-9-4-5-11-17(15)26-20/h4-5,9,11,14,16H,3,6-8,10,12-13H2,1-2H3,(H,21,25)/t14-,16-/m0/s1. The largest absolute Gasteiger partial charge is 0.354 e. The summed E-state index contributed by atoms with van der Waals surface area (Å²) in [6.07, 6.45) is 4.09. The van der Waals surface area contributed by atoms with Gasteiger partial charge in [0, 0.05) is 25.4 Å². The van der Waals surface area contributed by atoms with Crippen molar-refractivity contribution in [1.82, 2.24) is 15.2 Å². The summed E-state index contributed by atoms with van der Waals surface area (Å²) in [5.74, 6) is 0.230. The molecule has 3 rings (SSSR count). The van der Waals surface area contributed by atoms with Gasteiger partial charge in [0.25, 0.3) is 0 Å². The number of hydrogen-bond donors (Lipinski definition) is 1. The van der Waals surface area contributed by atoms with Crippen molar-refractivity contribution in [1.29, 1.82) is 0 Å². The SMILES string of the molecule is CCCC(=O)N1CCCC[C@H]1C(=O)NC[C@H](C)c1nc2ccccc2s1. The van der Waals surface area contributed by atoms with E-state index in [1.54, 1.807) is 16.2 Å². The first-order valence-corrected chi connectivity index (χ1v) is 10.3. The van der Waals surface area contributed by atoms with Crippen molar-refractivity contribution >= 4 is 33.4 Å². The average Bonchev–Trinajstić information content (AvgIpc) is 3.10. The Bertz CT molecular complexity index is 740. The molecular weight excluding hydrogens is 346 g/mol. The van der Waals surface area contributed by atoms with E-state index in [0.717, 1.165) is 36.2 Å². The number of rotatable bonds is 6. The second-order valence-corrected chi connectivity index (χ2v) is 8.08. The lowest BCUT2D eigenvalue weighted by Crippen LogP contribution is -2.52. The number of hydrogen-bond acceptors (Lipinski definition) is 4. The molecule has 1 fully saturated rings. The highest BCUT2D eigenvalue weighted by Crippen LogP contribution is 2.27. The molecule has 0 spiro atoms. The van der Waals surface area contributed by atoms with Crippen LogP contribution < -0.4 is 5.32 Å². The minimum Gasteiger partial charge on any atom is -0.354 e. The molecule has 1 saturated heterocycles. The highest BCUT2D eigenvalue weighted by molar-refractivity contribution is 7.18. The molecule has 0 radical (unpaired) electrons. The van der Waals surface area contributed by atoms with E-state index in [-0.39, 0.29) is 23.8 Å². The number of fused-ring (bicyclic) bond motifs is 1. The van der Waals surface area contributed by atoms with Crippen LogP contribution >= 0.6 is 11.3 Å². The van der Waals surface area contributed by atoms with Gasteiger partial charge in [-0.3, -0.25) is 9.59 Å². The number of nitrogens with zero attached hydrogens (tertiary/aromatic N) is 2. The highest BCUT2D eigenvalue weighted by atomic mass is 32.1. The number of benzene rings is 1. The van der Waals surface area contributed by atoms with Crippen molar-refractivity contribution < 1.29 is 9.59 Å². The molecule has 2 aromatic rings. The van der Waals surface area contributed by atoms with Crippen LogP contribution in [0.1, 0.15) is 56.9 Å². The summed E-state index contributed by atoms with van der Waals surface area (Å²) in [6.45, 7) is 5.32. The Kier molecular flexibility index (Phi) is 6.25. The molecule has 1 aliphatic rings. The van der Waals surface area contributed by atoms with Gasteiger partial charge in [-0.25, -0.2) is 4.98 Å². The van der Waals surface area contributed by atoms with Gasteiger partial charge in [0.05, 0.1) is 15.2 Å². The smallest absolute Gasteiger partial charge is 0.242 e. The zero-order valence-electron chi connectivity index (χ0n) is 15.5. The fourth-order valence-electron chi connectivity index (χ4n) is 3.42. The maximum Gasteiger partial charge on any atom is 0.242 e. The van der Waals surface area contributed by atoms with Crippen LogP contribution in [0.25, 0.3) is 10.2 Å². The summed E-state index contributed by atoms with van der Waals surface area (Å²) >= 11 is 1.68. The summed E-state index contributed by atoms with van der Waals surface area (Å²) < 4.78 is 1.17. The Morgan fingerprint density at radius 3 is 2.92 bits per heavy atom. The molecule has 26 heavy (non-hydrogen) atoms. The van der Waals surface area contributed by atoms with E-state index in [1.807, 2.05) is 25.1 Å². The molecule has 1 N–H and O–H groups in total. The van der Waals surface area contributed by atoms with Crippen LogP contribution in [0.3, 0.4) is 0 Å². The van der Waals surface area contributed by atoms with Gasteiger partial charge >= 0.3 is 0 Å². The molecule has 0 unspecified atom stereocenters. The minimum absolute atomic E-state index is 0.0258. The molecule has 0 aliphatic carbocycles. The number of piperidine rings is 1. The van der Waals surface area contributed by atoms with Crippen LogP contribution in [0.4, 0.5) is 0 Å². The monoisotopic (exact) mass is 373 g/mol. The molecule has 2 heterocycles. The van der Waals surface area contributed by atoms with Crippen molar-refractivity contribution in [2.75, 3.05) is 13.1 Å². The number of amides is 2.